The minimum atomic E-state index is -3.70. The number of carbonyl (C=O) groups is 1. The molecule has 0 atom stereocenters. The van der Waals surface area contributed by atoms with Gasteiger partial charge in [-0.15, -0.1) is 0 Å². The number of hydrogen-bond donors (Lipinski definition) is 3. The summed E-state index contributed by atoms with van der Waals surface area (Å²) in [5, 5.41) is 8.60. The van der Waals surface area contributed by atoms with Crippen LogP contribution in [0.3, 0.4) is 0 Å². The predicted octanol–water partition coefficient (Wildman–Crippen LogP) is 1.13. The summed E-state index contributed by atoms with van der Waals surface area (Å²) in [4.78, 5) is 15.8. The molecule has 3 N–H and O–H groups in total. The van der Waals surface area contributed by atoms with Gasteiger partial charge in [-0.3, -0.25) is 10.1 Å². The molecule has 1 aromatic carbocycles. The molecule has 0 bridgehead atoms. The van der Waals surface area contributed by atoms with Crippen molar-refractivity contribution >= 4 is 21.9 Å². The molecule has 0 saturated carbocycles. The van der Waals surface area contributed by atoms with E-state index in [1.165, 1.54) is 36.9 Å². The van der Waals surface area contributed by atoms with Crippen LogP contribution >= 0.6 is 0 Å². The van der Waals surface area contributed by atoms with Crippen LogP contribution in [-0.2, 0) is 16.6 Å². The molecule has 1 amide bonds. The zero-order valence-corrected chi connectivity index (χ0v) is 13.1. The average molecular weight is 347 g/mol. The molecule has 0 aliphatic heterocycles. The van der Waals surface area contributed by atoms with Gasteiger partial charge in [-0.1, -0.05) is 0 Å². The van der Waals surface area contributed by atoms with Crippen LogP contribution in [0, 0.1) is 0 Å². The van der Waals surface area contributed by atoms with Crippen LogP contribution in [0.15, 0.2) is 58.3 Å². The first-order valence-corrected chi connectivity index (χ1v) is 8.32. The summed E-state index contributed by atoms with van der Waals surface area (Å²) in [5.41, 5.74) is 0.288. The number of hydrogen-bond acceptors (Lipinski definition) is 6. The lowest BCUT2D eigenvalue weighted by Gasteiger charge is -2.06. The Hall–Kier alpha value is -2.98. The second-order valence-electron chi connectivity index (χ2n) is 4.72. The van der Waals surface area contributed by atoms with E-state index in [1.54, 1.807) is 12.1 Å². The maximum Gasteiger partial charge on any atom is 0.258 e. The molecular weight excluding hydrogens is 334 g/mol. The molecule has 10 heteroatoms. The standard InChI is InChI=1S/C14H13N5O4S/c20-13(18-14-15-9-16-19-14)10-3-5-12(6-4-10)24(21,22)17-8-11-2-1-7-23-11/h1-7,9,17H,8H2,(H2,15,16,18,19,20). The quantitative estimate of drug-likeness (QED) is 0.613. The highest BCUT2D eigenvalue weighted by Crippen LogP contribution is 2.12. The van der Waals surface area contributed by atoms with Crippen molar-refractivity contribution in [2.45, 2.75) is 11.4 Å². The molecule has 2 aromatic heterocycles. The molecule has 3 aromatic rings. The first-order chi connectivity index (χ1) is 11.5. The molecule has 0 unspecified atom stereocenters. The molecular formula is C14H13N5O4S. The molecule has 0 aliphatic carbocycles. The van der Waals surface area contributed by atoms with Crippen LogP contribution in [0.1, 0.15) is 16.1 Å². The molecule has 0 radical (unpaired) electrons. The third-order valence-corrected chi connectivity index (χ3v) is 4.51. The van der Waals surface area contributed by atoms with E-state index in [0.29, 0.717) is 5.76 Å². The Morgan fingerprint density at radius 1 is 1.21 bits per heavy atom. The van der Waals surface area contributed by atoms with Gasteiger partial charge in [0.05, 0.1) is 17.7 Å². The zero-order valence-electron chi connectivity index (χ0n) is 12.3. The van der Waals surface area contributed by atoms with Crippen LogP contribution in [-0.4, -0.2) is 29.5 Å². The minimum Gasteiger partial charge on any atom is -0.468 e. The Morgan fingerprint density at radius 3 is 2.62 bits per heavy atom. The maximum absolute atomic E-state index is 12.2. The van der Waals surface area contributed by atoms with E-state index in [2.05, 4.69) is 25.2 Å². The number of carbonyl (C=O) groups excluding carboxylic acids is 1. The Labute approximate surface area is 137 Å². The lowest BCUT2D eigenvalue weighted by atomic mass is 10.2. The number of rotatable bonds is 6. The Balaban J connectivity index is 1.67. The number of furan rings is 1. The molecule has 9 nitrogen and oxygen atoms in total. The van der Waals surface area contributed by atoms with E-state index in [1.807, 2.05) is 0 Å². The number of nitrogens with one attached hydrogen (secondary N) is 3. The lowest BCUT2D eigenvalue weighted by Crippen LogP contribution is -2.23. The molecule has 3 rings (SSSR count). The Kier molecular flexibility index (Phi) is 4.40. The number of aromatic amines is 1. The van der Waals surface area contributed by atoms with Crippen molar-refractivity contribution in [3.63, 3.8) is 0 Å². The number of sulfonamides is 1. The van der Waals surface area contributed by atoms with Crippen LogP contribution in [0.2, 0.25) is 0 Å². The summed E-state index contributed by atoms with van der Waals surface area (Å²) in [7, 11) is -3.70. The van der Waals surface area contributed by atoms with Crippen molar-refractivity contribution in [2.75, 3.05) is 5.32 Å². The molecule has 2 heterocycles. The van der Waals surface area contributed by atoms with E-state index in [9.17, 15) is 13.2 Å². The fourth-order valence-electron chi connectivity index (χ4n) is 1.89. The smallest absolute Gasteiger partial charge is 0.258 e. The van der Waals surface area contributed by atoms with Gasteiger partial charge in [0.2, 0.25) is 16.0 Å². The van der Waals surface area contributed by atoms with Gasteiger partial charge in [0, 0.05) is 5.56 Å². The van der Waals surface area contributed by atoms with Gasteiger partial charge in [0.15, 0.2) is 0 Å². The SMILES string of the molecule is O=C(Nc1ncn[nH]1)c1ccc(S(=O)(=O)NCc2ccco2)cc1. The molecule has 0 aliphatic rings. The summed E-state index contributed by atoms with van der Waals surface area (Å²) in [6.07, 6.45) is 2.72. The maximum atomic E-state index is 12.2. The van der Waals surface area contributed by atoms with E-state index in [0.717, 1.165) is 0 Å². The van der Waals surface area contributed by atoms with E-state index < -0.39 is 15.9 Å². The van der Waals surface area contributed by atoms with Crippen LogP contribution < -0.4 is 10.0 Å². The van der Waals surface area contributed by atoms with Crippen molar-refractivity contribution in [1.82, 2.24) is 19.9 Å². The summed E-state index contributed by atoms with van der Waals surface area (Å²) < 4.78 is 31.9. The lowest BCUT2D eigenvalue weighted by molar-refractivity contribution is 0.102. The number of anilines is 1. The summed E-state index contributed by atoms with van der Waals surface area (Å²) in [6, 6.07) is 8.85. The highest BCUT2D eigenvalue weighted by Gasteiger charge is 2.15. The largest absolute Gasteiger partial charge is 0.468 e. The molecule has 24 heavy (non-hydrogen) atoms. The fourth-order valence-corrected chi connectivity index (χ4v) is 2.89. The van der Waals surface area contributed by atoms with Gasteiger partial charge >= 0.3 is 0 Å². The first-order valence-electron chi connectivity index (χ1n) is 6.83. The van der Waals surface area contributed by atoms with Crippen molar-refractivity contribution < 1.29 is 17.6 Å². The Morgan fingerprint density at radius 2 is 2.00 bits per heavy atom. The van der Waals surface area contributed by atoms with Gasteiger partial charge in [0.1, 0.15) is 12.1 Å². The van der Waals surface area contributed by atoms with Gasteiger partial charge < -0.3 is 4.42 Å². The number of nitrogens with zero attached hydrogens (tertiary/aromatic N) is 2. The van der Waals surface area contributed by atoms with Crippen molar-refractivity contribution in [3.05, 3.63) is 60.3 Å². The summed E-state index contributed by atoms with van der Waals surface area (Å²) >= 11 is 0. The van der Waals surface area contributed by atoms with Gasteiger partial charge in [-0.2, -0.15) is 10.1 Å². The van der Waals surface area contributed by atoms with Crippen LogP contribution in [0.4, 0.5) is 5.95 Å². The third-order valence-electron chi connectivity index (χ3n) is 3.09. The zero-order chi connectivity index (χ0) is 17.0. The normalized spacial score (nSPS) is 11.3. The number of H-pyrrole nitrogens is 1. The summed E-state index contributed by atoms with van der Waals surface area (Å²) in [5.74, 6) is 0.276. The summed E-state index contributed by atoms with van der Waals surface area (Å²) in [6.45, 7) is 0.0447. The minimum absolute atomic E-state index is 0.0447. The van der Waals surface area contributed by atoms with Crippen LogP contribution in [0.5, 0.6) is 0 Å². The van der Waals surface area contributed by atoms with E-state index in [-0.39, 0.29) is 23.0 Å². The molecule has 0 saturated heterocycles. The predicted molar refractivity (Wildman–Crippen MR) is 83.5 cm³/mol. The van der Waals surface area contributed by atoms with Gasteiger partial charge in [-0.05, 0) is 36.4 Å². The highest BCUT2D eigenvalue weighted by molar-refractivity contribution is 7.89. The number of aromatic nitrogens is 3. The van der Waals surface area contributed by atoms with Crippen LogP contribution in [0.25, 0.3) is 0 Å². The third kappa shape index (κ3) is 3.67. The second-order valence-corrected chi connectivity index (χ2v) is 6.48. The number of benzene rings is 1. The molecule has 0 fully saturated rings. The topological polar surface area (TPSA) is 130 Å². The molecule has 0 spiro atoms. The van der Waals surface area contributed by atoms with E-state index in [4.69, 9.17) is 4.42 Å². The first kappa shape index (κ1) is 15.9. The molecule has 124 valence electrons. The monoisotopic (exact) mass is 347 g/mol. The van der Waals surface area contributed by atoms with Gasteiger partial charge in [0.25, 0.3) is 5.91 Å². The average Bonchev–Trinajstić information content (AvgIpc) is 3.27. The van der Waals surface area contributed by atoms with Crippen molar-refractivity contribution in [1.29, 1.82) is 0 Å². The van der Waals surface area contributed by atoms with Gasteiger partial charge in [-0.25, -0.2) is 18.2 Å². The Bertz CT molecular complexity index is 903. The fraction of sp³-hybridized carbons (Fsp3) is 0.0714. The van der Waals surface area contributed by atoms with E-state index >= 15 is 0 Å². The van der Waals surface area contributed by atoms with Crippen molar-refractivity contribution in [3.8, 4) is 0 Å². The van der Waals surface area contributed by atoms with Crippen molar-refractivity contribution in [2.24, 2.45) is 0 Å². The second kappa shape index (κ2) is 6.64. The number of amides is 1. The highest BCUT2D eigenvalue weighted by atomic mass is 32.2.